The van der Waals surface area contributed by atoms with E-state index in [1.165, 1.54) is 0 Å². The summed E-state index contributed by atoms with van der Waals surface area (Å²) in [5, 5.41) is 3.55. The van der Waals surface area contributed by atoms with Crippen LogP contribution < -0.4 is 15.1 Å². The van der Waals surface area contributed by atoms with Crippen molar-refractivity contribution in [1.82, 2.24) is 15.0 Å². The number of benzene rings is 1. The summed E-state index contributed by atoms with van der Waals surface area (Å²) < 4.78 is 24.0. The minimum atomic E-state index is -1.03. The lowest BCUT2D eigenvalue weighted by Crippen LogP contribution is -2.47. The lowest BCUT2D eigenvalue weighted by molar-refractivity contribution is 0.0903. The number of rotatable bonds is 4. The van der Waals surface area contributed by atoms with E-state index in [2.05, 4.69) is 20.1 Å². The van der Waals surface area contributed by atoms with Crippen LogP contribution in [0.25, 0.3) is 11.1 Å². The first-order valence-electron chi connectivity index (χ1n) is 11.2. The largest absolute Gasteiger partial charge is 0.611 e. The first kappa shape index (κ1) is 20.1. The van der Waals surface area contributed by atoms with E-state index >= 15 is 0 Å². The van der Waals surface area contributed by atoms with Crippen LogP contribution in [0.15, 0.2) is 33.6 Å². The molecule has 1 N–H and O–H groups in total. The standard InChI is InChI=1S/C22H26N6O3S/c29-32-14-7-17-19(32)20(23-15-5-12-30-13-6-15)26-21(24-17)27-8-10-28(11-9-27)22-25-16-3-1-2-4-18(16)31-22/h1-4,15H,5-14H2,(H,23,24,26). The van der Waals surface area contributed by atoms with Crippen molar-refractivity contribution in [3.63, 3.8) is 0 Å². The van der Waals surface area contributed by atoms with Crippen molar-refractivity contribution in [1.29, 1.82) is 0 Å². The van der Waals surface area contributed by atoms with E-state index in [-0.39, 0.29) is 0 Å². The first-order chi connectivity index (χ1) is 15.7. The van der Waals surface area contributed by atoms with Crippen LogP contribution in [0.3, 0.4) is 0 Å². The molecule has 3 aliphatic heterocycles. The fourth-order valence-corrected chi connectivity index (χ4v) is 5.87. The number of piperazine rings is 1. The van der Waals surface area contributed by atoms with E-state index in [0.29, 0.717) is 17.8 Å². The zero-order chi connectivity index (χ0) is 21.5. The van der Waals surface area contributed by atoms with Crippen molar-refractivity contribution < 1.29 is 13.7 Å². The van der Waals surface area contributed by atoms with Crippen LogP contribution in [-0.4, -0.2) is 70.7 Å². The minimum Gasteiger partial charge on any atom is -0.611 e. The fraction of sp³-hybridized carbons (Fsp3) is 0.500. The van der Waals surface area contributed by atoms with Crippen molar-refractivity contribution in [2.24, 2.45) is 0 Å². The summed E-state index contributed by atoms with van der Waals surface area (Å²) in [6, 6.07) is 8.80. The number of oxazole rings is 1. The highest BCUT2D eigenvalue weighted by Gasteiger charge is 2.34. The van der Waals surface area contributed by atoms with Gasteiger partial charge in [-0.3, -0.25) is 0 Å². The number of fused-ring (bicyclic) bond motifs is 2. The van der Waals surface area contributed by atoms with Crippen molar-refractivity contribution >= 4 is 40.1 Å². The molecule has 2 saturated heterocycles. The second-order valence-electron chi connectivity index (χ2n) is 8.42. The van der Waals surface area contributed by atoms with Crippen LogP contribution in [0.1, 0.15) is 18.5 Å². The van der Waals surface area contributed by atoms with Gasteiger partial charge in [-0.2, -0.15) is 9.97 Å². The summed E-state index contributed by atoms with van der Waals surface area (Å²) in [4.78, 5) is 19.5. The molecule has 3 aliphatic rings. The Morgan fingerprint density at radius 3 is 2.59 bits per heavy atom. The molecule has 32 heavy (non-hydrogen) atoms. The van der Waals surface area contributed by atoms with E-state index in [1.807, 2.05) is 24.3 Å². The van der Waals surface area contributed by atoms with Crippen molar-refractivity contribution in [3.05, 3.63) is 30.0 Å². The average molecular weight is 455 g/mol. The third-order valence-corrected chi connectivity index (χ3v) is 7.81. The summed E-state index contributed by atoms with van der Waals surface area (Å²) in [5.41, 5.74) is 2.61. The number of hydrogen-bond acceptors (Lipinski definition) is 9. The monoisotopic (exact) mass is 454 g/mol. The van der Waals surface area contributed by atoms with Gasteiger partial charge in [0.25, 0.3) is 6.01 Å². The van der Waals surface area contributed by atoms with E-state index in [1.54, 1.807) is 0 Å². The van der Waals surface area contributed by atoms with Gasteiger partial charge < -0.3 is 28.8 Å². The third kappa shape index (κ3) is 3.76. The molecule has 0 amide bonds. The molecule has 0 radical (unpaired) electrons. The number of aryl methyl sites for hydroxylation is 1. The van der Waals surface area contributed by atoms with Crippen LogP contribution >= 0.6 is 0 Å². The number of aromatic nitrogens is 3. The normalized spacial score (nSPS) is 21.8. The Balaban J connectivity index is 1.20. The zero-order valence-electron chi connectivity index (χ0n) is 17.8. The van der Waals surface area contributed by atoms with Crippen molar-refractivity contribution in [3.8, 4) is 0 Å². The Morgan fingerprint density at radius 1 is 1.00 bits per heavy atom. The van der Waals surface area contributed by atoms with Gasteiger partial charge in [-0.25, -0.2) is 4.98 Å². The number of anilines is 3. The molecule has 2 fully saturated rings. The van der Waals surface area contributed by atoms with Gasteiger partial charge in [0, 0.05) is 51.9 Å². The van der Waals surface area contributed by atoms with Gasteiger partial charge in [0.2, 0.25) is 10.8 Å². The molecule has 0 saturated carbocycles. The Hall–Kier alpha value is -2.56. The zero-order valence-corrected chi connectivity index (χ0v) is 18.6. The molecule has 1 unspecified atom stereocenters. The summed E-state index contributed by atoms with van der Waals surface area (Å²) in [6.45, 7) is 4.61. The number of ether oxygens (including phenoxy) is 1. The maximum absolute atomic E-state index is 12.6. The lowest BCUT2D eigenvalue weighted by Gasteiger charge is -2.34. The molecule has 0 aliphatic carbocycles. The van der Waals surface area contributed by atoms with E-state index < -0.39 is 11.2 Å². The number of hydrogen-bond donors (Lipinski definition) is 1. The average Bonchev–Trinajstić information content (AvgIpc) is 3.44. The quantitative estimate of drug-likeness (QED) is 0.594. The van der Waals surface area contributed by atoms with Crippen LogP contribution in [0.5, 0.6) is 0 Å². The van der Waals surface area contributed by atoms with Crippen LogP contribution in [0.4, 0.5) is 17.8 Å². The molecule has 5 heterocycles. The summed E-state index contributed by atoms with van der Waals surface area (Å²) in [5.74, 6) is 2.09. The number of nitrogens with one attached hydrogen (secondary N) is 1. The topological polar surface area (TPSA) is 103 Å². The van der Waals surface area contributed by atoms with Gasteiger partial charge in [-0.05, 0) is 36.2 Å². The van der Waals surface area contributed by atoms with Gasteiger partial charge in [-0.1, -0.05) is 12.1 Å². The van der Waals surface area contributed by atoms with Gasteiger partial charge >= 0.3 is 0 Å². The summed E-state index contributed by atoms with van der Waals surface area (Å²) in [6.07, 6.45) is 2.61. The Labute approximate surface area is 189 Å². The lowest BCUT2D eigenvalue weighted by atomic mass is 10.1. The third-order valence-electron chi connectivity index (χ3n) is 6.35. The minimum absolute atomic E-state index is 0.296. The molecule has 0 spiro atoms. The Bertz CT molecular complexity index is 1080. The fourth-order valence-electron chi connectivity index (χ4n) is 4.55. The first-order valence-corrected chi connectivity index (χ1v) is 12.6. The SMILES string of the molecule is [O-][S+]1CCc2nc(N3CCN(c4nc5ccccc5o4)CC3)nc(NC3CCOCC3)c21. The predicted molar refractivity (Wildman–Crippen MR) is 123 cm³/mol. The van der Waals surface area contributed by atoms with Gasteiger partial charge in [0.05, 0.1) is 0 Å². The molecule has 168 valence electrons. The summed E-state index contributed by atoms with van der Waals surface area (Å²) in [7, 11) is 0. The van der Waals surface area contributed by atoms with E-state index in [0.717, 1.165) is 92.1 Å². The summed E-state index contributed by atoms with van der Waals surface area (Å²) >= 11 is -1.03. The molecule has 3 aromatic rings. The molecule has 1 aromatic carbocycles. The molecule has 1 atom stereocenters. The van der Waals surface area contributed by atoms with E-state index in [4.69, 9.17) is 19.1 Å². The highest BCUT2D eigenvalue weighted by molar-refractivity contribution is 7.91. The Morgan fingerprint density at radius 2 is 1.78 bits per heavy atom. The van der Waals surface area contributed by atoms with Gasteiger partial charge in [-0.15, -0.1) is 0 Å². The highest BCUT2D eigenvalue weighted by atomic mass is 32.2. The number of nitrogens with zero attached hydrogens (tertiary/aromatic N) is 5. The highest BCUT2D eigenvalue weighted by Crippen LogP contribution is 2.33. The van der Waals surface area contributed by atoms with E-state index in [9.17, 15) is 4.55 Å². The van der Waals surface area contributed by atoms with Crippen LogP contribution in [-0.2, 0) is 22.3 Å². The second-order valence-corrected chi connectivity index (χ2v) is 9.92. The molecule has 0 bridgehead atoms. The van der Waals surface area contributed by atoms with Crippen LogP contribution in [0.2, 0.25) is 0 Å². The van der Waals surface area contributed by atoms with Crippen molar-refractivity contribution in [2.75, 3.05) is 60.3 Å². The maximum atomic E-state index is 12.6. The van der Waals surface area contributed by atoms with Gasteiger partial charge in [0.1, 0.15) is 17.0 Å². The second kappa shape index (κ2) is 8.42. The number of para-hydroxylation sites is 2. The van der Waals surface area contributed by atoms with Crippen LogP contribution in [0, 0.1) is 0 Å². The molecule has 9 nitrogen and oxygen atoms in total. The predicted octanol–water partition coefficient (Wildman–Crippen LogP) is 2.20. The molecular formula is C22H26N6O3S. The molecular weight excluding hydrogens is 428 g/mol. The molecule has 2 aromatic heterocycles. The molecule has 6 rings (SSSR count). The smallest absolute Gasteiger partial charge is 0.298 e. The maximum Gasteiger partial charge on any atom is 0.298 e. The van der Waals surface area contributed by atoms with Gasteiger partial charge in [0.15, 0.2) is 11.4 Å². The molecule has 10 heteroatoms. The Kier molecular flexibility index (Phi) is 5.28. The van der Waals surface area contributed by atoms with Crippen molar-refractivity contribution in [2.45, 2.75) is 30.2 Å².